The van der Waals surface area contributed by atoms with Gasteiger partial charge in [-0.3, -0.25) is 0 Å². The van der Waals surface area contributed by atoms with Gasteiger partial charge in [0.2, 0.25) is 0 Å². The molecular formula is C26H34N4S. The number of hydrogen-bond acceptors (Lipinski definition) is 5. The molecule has 0 unspecified atom stereocenters. The molecule has 31 heavy (non-hydrogen) atoms. The first-order chi connectivity index (χ1) is 15.0. The van der Waals surface area contributed by atoms with Crippen LogP contribution in [0, 0.1) is 6.92 Å². The van der Waals surface area contributed by atoms with Crippen molar-refractivity contribution in [2.24, 2.45) is 0 Å². The summed E-state index contributed by atoms with van der Waals surface area (Å²) in [4.78, 5) is 13.2. The third-order valence-corrected chi connectivity index (χ3v) is 7.29. The largest absolute Gasteiger partial charge is 0.368 e. The van der Waals surface area contributed by atoms with Crippen molar-refractivity contribution in [2.75, 3.05) is 48.8 Å². The maximum absolute atomic E-state index is 4.75. The summed E-state index contributed by atoms with van der Waals surface area (Å²) in [5, 5.41) is 0. The zero-order valence-corrected chi connectivity index (χ0v) is 20.0. The molecule has 2 aliphatic rings. The van der Waals surface area contributed by atoms with Gasteiger partial charge in [0.05, 0.1) is 0 Å². The fourth-order valence-electron chi connectivity index (χ4n) is 4.64. The Morgan fingerprint density at radius 1 is 1.13 bits per heavy atom. The van der Waals surface area contributed by atoms with E-state index in [1.165, 1.54) is 39.4 Å². The van der Waals surface area contributed by atoms with Gasteiger partial charge in [0, 0.05) is 66.5 Å². The molecule has 3 heterocycles. The summed E-state index contributed by atoms with van der Waals surface area (Å²) in [6.45, 7) is 18.0. The minimum atomic E-state index is 0.966. The van der Waals surface area contributed by atoms with Gasteiger partial charge >= 0.3 is 0 Å². The monoisotopic (exact) mass is 434 g/mol. The molecule has 2 aromatic rings. The van der Waals surface area contributed by atoms with Crippen molar-refractivity contribution in [3.05, 3.63) is 66.0 Å². The summed E-state index contributed by atoms with van der Waals surface area (Å²) >= 11 is 1.80. The minimum absolute atomic E-state index is 0.966. The molecule has 2 aliphatic heterocycles. The molecule has 0 atom stereocenters. The SMILES string of the molecule is C=C(c1ccc(N2CCCC2=C)cc1SC)N1CCN(c2ncc(CC)cc2C)CC1. The number of benzene rings is 1. The second-order valence-corrected chi connectivity index (χ2v) is 9.31. The molecule has 0 amide bonds. The Bertz CT molecular complexity index is 975. The van der Waals surface area contributed by atoms with Crippen molar-refractivity contribution >= 4 is 29.0 Å². The number of aromatic nitrogens is 1. The predicted octanol–water partition coefficient (Wildman–Crippen LogP) is 5.58. The number of allylic oxidation sites excluding steroid dienone is 1. The Morgan fingerprint density at radius 3 is 2.52 bits per heavy atom. The van der Waals surface area contributed by atoms with Gasteiger partial charge in [-0.1, -0.05) is 26.1 Å². The molecule has 2 saturated heterocycles. The van der Waals surface area contributed by atoms with Gasteiger partial charge in [-0.2, -0.15) is 0 Å². The number of hydrogen-bond donors (Lipinski definition) is 0. The van der Waals surface area contributed by atoms with Gasteiger partial charge in [0.25, 0.3) is 0 Å². The molecule has 164 valence electrons. The van der Waals surface area contributed by atoms with E-state index in [-0.39, 0.29) is 0 Å². The fraction of sp³-hybridized carbons (Fsp3) is 0.423. The number of nitrogens with zero attached hydrogens (tertiary/aromatic N) is 4. The van der Waals surface area contributed by atoms with Gasteiger partial charge in [0.1, 0.15) is 5.82 Å². The summed E-state index contributed by atoms with van der Waals surface area (Å²) in [6, 6.07) is 9.06. The number of aryl methyl sites for hydroxylation is 2. The van der Waals surface area contributed by atoms with Gasteiger partial charge in [-0.25, -0.2) is 4.98 Å². The molecular weight excluding hydrogens is 400 g/mol. The molecule has 4 rings (SSSR count). The van der Waals surface area contributed by atoms with Crippen LogP contribution in [0.4, 0.5) is 11.5 Å². The van der Waals surface area contributed by atoms with Crippen molar-refractivity contribution in [1.82, 2.24) is 9.88 Å². The molecule has 0 saturated carbocycles. The summed E-state index contributed by atoms with van der Waals surface area (Å²) in [7, 11) is 0. The number of thioether (sulfide) groups is 1. The summed E-state index contributed by atoms with van der Waals surface area (Å²) in [5.41, 5.74) is 7.43. The first-order valence-corrected chi connectivity index (χ1v) is 12.5. The van der Waals surface area contributed by atoms with Gasteiger partial charge in [-0.05, 0) is 61.8 Å². The Hall–Kier alpha value is -2.40. The molecule has 0 N–H and O–H groups in total. The average Bonchev–Trinajstić information content (AvgIpc) is 3.24. The van der Waals surface area contributed by atoms with Crippen LogP contribution in [-0.4, -0.2) is 48.9 Å². The molecule has 4 nitrogen and oxygen atoms in total. The van der Waals surface area contributed by atoms with Crippen molar-refractivity contribution in [3.8, 4) is 0 Å². The molecule has 2 fully saturated rings. The number of pyridine rings is 1. The Kier molecular flexibility index (Phi) is 6.61. The van der Waals surface area contributed by atoms with E-state index >= 15 is 0 Å². The van der Waals surface area contributed by atoms with Crippen molar-refractivity contribution in [1.29, 1.82) is 0 Å². The second kappa shape index (κ2) is 9.39. The number of rotatable bonds is 6. The predicted molar refractivity (Wildman–Crippen MR) is 135 cm³/mol. The van der Waals surface area contributed by atoms with Crippen LogP contribution in [0.15, 0.2) is 54.2 Å². The zero-order chi connectivity index (χ0) is 22.0. The maximum Gasteiger partial charge on any atom is 0.131 e. The first kappa shape index (κ1) is 21.8. The van der Waals surface area contributed by atoms with Gasteiger partial charge in [0.15, 0.2) is 0 Å². The summed E-state index contributed by atoms with van der Waals surface area (Å²) < 4.78 is 0. The second-order valence-electron chi connectivity index (χ2n) is 8.46. The molecule has 0 bridgehead atoms. The van der Waals surface area contributed by atoms with Crippen LogP contribution in [0.2, 0.25) is 0 Å². The highest BCUT2D eigenvalue weighted by molar-refractivity contribution is 7.98. The third-order valence-electron chi connectivity index (χ3n) is 6.51. The molecule has 0 spiro atoms. The smallest absolute Gasteiger partial charge is 0.131 e. The van der Waals surface area contributed by atoms with Crippen LogP contribution in [0.25, 0.3) is 5.70 Å². The molecule has 5 heteroatoms. The van der Waals surface area contributed by atoms with E-state index in [1.807, 2.05) is 6.20 Å². The lowest BCUT2D eigenvalue weighted by molar-refractivity contribution is 0.366. The van der Waals surface area contributed by atoms with Gasteiger partial charge < -0.3 is 14.7 Å². The van der Waals surface area contributed by atoms with E-state index in [0.29, 0.717) is 0 Å². The van der Waals surface area contributed by atoms with Crippen LogP contribution >= 0.6 is 11.8 Å². The maximum atomic E-state index is 4.75. The van der Waals surface area contributed by atoms with Crippen LogP contribution in [0.5, 0.6) is 0 Å². The van der Waals surface area contributed by atoms with E-state index < -0.39 is 0 Å². The third kappa shape index (κ3) is 4.47. The lowest BCUT2D eigenvalue weighted by Crippen LogP contribution is -2.46. The summed E-state index contributed by atoms with van der Waals surface area (Å²) in [5.74, 6) is 1.13. The topological polar surface area (TPSA) is 22.6 Å². The first-order valence-electron chi connectivity index (χ1n) is 11.3. The van der Waals surface area contributed by atoms with Crippen molar-refractivity contribution < 1.29 is 0 Å². The summed E-state index contributed by atoms with van der Waals surface area (Å²) in [6.07, 6.45) is 7.50. The van der Waals surface area contributed by atoms with E-state index in [9.17, 15) is 0 Å². The van der Waals surface area contributed by atoms with Crippen LogP contribution in [0.3, 0.4) is 0 Å². The Labute approximate surface area is 191 Å². The number of anilines is 2. The van der Waals surface area contributed by atoms with Crippen LogP contribution < -0.4 is 9.80 Å². The van der Waals surface area contributed by atoms with E-state index in [2.05, 4.69) is 72.2 Å². The highest BCUT2D eigenvalue weighted by Crippen LogP contribution is 2.35. The molecule has 1 aromatic carbocycles. The van der Waals surface area contributed by atoms with E-state index in [0.717, 1.165) is 57.1 Å². The highest BCUT2D eigenvalue weighted by atomic mass is 32.2. The van der Waals surface area contributed by atoms with Crippen molar-refractivity contribution in [2.45, 2.75) is 38.0 Å². The zero-order valence-electron chi connectivity index (χ0n) is 19.2. The quantitative estimate of drug-likeness (QED) is 0.552. The van der Waals surface area contributed by atoms with E-state index in [4.69, 9.17) is 4.98 Å². The minimum Gasteiger partial charge on any atom is -0.368 e. The van der Waals surface area contributed by atoms with Crippen LogP contribution in [0.1, 0.15) is 36.5 Å². The standard InChI is InChI=1S/C26H34N4S/c1-6-22-16-19(2)26(27-18-22)29-14-12-28(13-15-29)21(4)24-10-9-23(17-25(24)31-5)30-11-7-8-20(30)3/h9-10,16-18H,3-4,6-8,11-15H2,1-2,5H3. The molecule has 0 aliphatic carbocycles. The average molecular weight is 435 g/mol. The molecule has 0 radical (unpaired) electrons. The molecule has 1 aromatic heterocycles. The Morgan fingerprint density at radius 2 is 1.90 bits per heavy atom. The lowest BCUT2D eigenvalue weighted by Gasteiger charge is -2.38. The lowest BCUT2D eigenvalue weighted by atomic mass is 10.1. The number of piperazine rings is 1. The highest BCUT2D eigenvalue weighted by Gasteiger charge is 2.23. The van der Waals surface area contributed by atoms with Crippen LogP contribution in [-0.2, 0) is 6.42 Å². The Balaban J connectivity index is 1.45. The normalized spacial score (nSPS) is 16.9. The fourth-order valence-corrected chi connectivity index (χ4v) is 5.29. The van der Waals surface area contributed by atoms with Crippen molar-refractivity contribution in [3.63, 3.8) is 0 Å². The van der Waals surface area contributed by atoms with Gasteiger partial charge in [-0.15, -0.1) is 11.8 Å². The van der Waals surface area contributed by atoms with E-state index in [1.54, 1.807) is 11.8 Å².